The van der Waals surface area contributed by atoms with Gasteiger partial charge in [-0.15, -0.1) is 0 Å². The zero-order valence-corrected chi connectivity index (χ0v) is 21.5. The summed E-state index contributed by atoms with van der Waals surface area (Å²) >= 11 is 0. The first kappa shape index (κ1) is 26.4. The van der Waals surface area contributed by atoms with Gasteiger partial charge in [0.2, 0.25) is 0 Å². The number of nitrogens with zero attached hydrogens (tertiary/aromatic N) is 2. The van der Waals surface area contributed by atoms with Crippen LogP contribution in [0.3, 0.4) is 0 Å². The molecule has 0 N–H and O–H groups in total. The molecule has 34 heavy (non-hydrogen) atoms. The summed E-state index contributed by atoms with van der Waals surface area (Å²) in [7, 11) is 0. The lowest BCUT2D eigenvalue weighted by molar-refractivity contribution is 0.325. The highest BCUT2D eigenvalue weighted by atomic mass is 16.5. The fraction of sp³-hybridized carbons (Fsp3) is 0.613. The Bertz CT molecular complexity index is 791. The lowest BCUT2D eigenvalue weighted by atomic mass is 9.99. The van der Waals surface area contributed by atoms with Gasteiger partial charge in [-0.2, -0.15) is 0 Å². The Morgan fingerprint density at radius 2 is 1.50 bits per heavy atom. The van der Waals surface area contributed by atoms with Crippen LogP contribution in [0.2, 0.25) is 0 Å². The molecule has 1 aromatic carbocycles. The summed E-state index contributed by atoms with van der Waals surface area (Å²) < 4.78 is 5.84. The van der Waals surface area contributed by atoms with Crippen LogP contribution in [0.15, 0.2) is 48.8 Å². The molecule has 1 fully saturated rings. The van der Waals surface area contributed by atoms with Gasteiger partial charge in [-0.05, 0) is 61.4 Å². The van der Waals surface area contributed by atoms with E-state index in [1.165, 1.54) is 95.5 Å². The fourth-order valence-electron chi connectivity index (χ4n) is 4.90. The highest BCUT2D eigenvalue weighted by Crippen LogP contribution is 2.29. The van der Waals surface area contributed by atoms with Gasteiger partial charge in [-0.25, -0.2) is 9.97 Å². The van der Waals surface area contributed by atoms with E-state index in [2.05, 4.69) is 29.0 Å². The van der Waals surface area contributed by atoms with E-state index in [0.29, 0.717) is 6.61 Å². The van der Waals surface area contributed by atoms with E-state index in [4.69, 9.17) is 4.74 Å². The van der Waals surface area contributed by atoms with Gasteiger partial charge in [0.15, 0.2) is 5.82 Å². The van der Waals surface area contributed by atoms with Crippen LogP contribution in [0.5, 0.6) is 5.75 Å². The van der Waals surface area contributed by atoms with Crippen LogP contribution in [0.1, 0.15) is 109 Å². The van der Waals surface area contributed by atoms with Crippen molar-refractivity contribution in [1.29, 1.82) is 0 Å². The van der Waals surface area contributed by atoms with Crippen LogP contribution in [-0.4, -0.2) is 16.6 Å². The Morgan fingerprint density at radius 1 is 0.824 bits per heavy atom. The Labute approximate surface area is 208 Å². The number of rotatable bonds is 17. The van der Waals surface area contributed by atoms with Crippen molar-refractivity contribution in [3.63, 3.8) is 0 Å². The van der Waals surface area contributed by atoms with Crippen molar-refractivity contribution in [3.05, 3.63) is 54.4 Å². The Balaban J connectivity index is 1.26. The molecule has 3 heteroatoms. The van der Waals surface area contributed by atoms with E-state index in [-0.39, 0.29) is 0 Å². The van der Waals surface area contributed by atoms with Gasteiger partial charge < -0.3 is 4.74 Å². The molecule has 3 nitrogen and oxygen atoms in total. The Morgan fingerprint density at radius 3 is 2.24 bits per heavy atom. The predicted octanol–water partition coefficient (Wildman–Crippen LogP) is 9.12. The zero-order chi connectivity index (χ0) is 23.7. The normalized spacial score (nSPS) is 14.3. The van der Waals surface area contributed by atoms with Crippen LogP contribution >= 0.6 is 0 Å². The van der Waals surface area contributed by atoms with Crippen molar-refractivity contribution in [3.8, 4) is 17.1 Å². The van der Waals surface area contributed by atoms with Gasteiger partial charge in [0.1, 0.15) is 5.75 Å². The number of unbranched alkanes of at least 4 members (excludes halogenated alkanes) is 7. The smallest absolute Gasteiger partial charge is 0.159 e. The minimum Gasteiger partial charge on any atom is -0.493 e. The number of aryl methyl sites for hydroxylation is 1. The highest BCUT2D eigenvalue weighted by molar-refractivity contribution is 5.55. The first-order valence-corrected chi connectivity index (χ1v) is 14.0. The van der Waals surface area contributed by atoms with E-state index in [1.807, 2.05) is 36.7 Å². The summed E-state index contributed by atoms with van der Waals surface area (Å²) in [5.41, 5.74) is 2.29. The van der Waals surface area contributed by atoms with Crippen molar-refractivity contribution < 1.29 is 4.74 Å². The third-order valence-electron chi connectivity index (χ3n) is 7.06. The highest BCUT2D eigenvalue weighted by Gasteiger charge is 2.13. The van der Waals surface area contributed by atoms with Crippen LogP contribution in [-0.2, 0) is 6.42 Å². The molecule has 0 amide bonds. The van der Waals surface area contributed by atoms with E-state index < -0.39 is 0 Å². The summed E-state index contributed by atoms with van der Waals surface area (Å²) in [6, 6.07) is 8.13. The maximum absolute atomic E-state index is 5.84. The molecule has 1 aromatic heterocycles. The quantitative estimate of drug-likeness (QED) is 0.174. The van der Waals surface area contributed by atoms with Gasteiger partial charge in [-0.1, -0.05) is 96.1 Å². The molecule has 0 radical (unpaired) electrons. The predicted molar refractivity (Wildman–Crippen MR) is 144 cm³/mol. The fourth-order valence-corrected chi connectivity index (χ4v) is 4.90. The van der Waals surface area contributed by atoms with Crippen molar-refractivity contribution in [2.75, 3.05) is 6.61 Å². The summed E-state index contributed by atoms with van der Waals surface area (Å²) in [4.78, 5) is 9.21. The molecule has 3 rings (SSSR count). The Hall–Kier alpha value is -2.16. The minimum absolute atomic E-state index is 0.716. The van der Waals surface area contributed by atoms with E-state index in [9.17, 15) is 0 Å². The molecule has 2 aromatic rings. The molecule has 0 saturated heterocycles. The molecule has 0 aliphatic heterocycles. The monoisotopic (exact) mass is 462 g/mol. The second-order valence-corrected chi connectivity index (χ2v) is 10.0. The third-order valence-corrected chi connectivity index (χ3v) is 7.06. The molecular weight excluding hydrogens is 416 g/mol. The van der Waals surface area contributed by atoms with E-state index in [1.54, 1.807) is 0 Å². The number of hydrogen-bond acceptors (Lipinski definition) is 3. The first-order valence-electron chi connectivity index (χ1n) is 14.0. The SMILES string of the molecule is CCCC/C=C\CCOc1ccc(-c2ncc(CCCCCCCCC3CCCC3)cn2)cc1. The second kappa shape index (κ2) is 16.5. The number of ether oxygens (including phenoxy) is 1. The molecule has 186 valence electrons. The molecule has 0 atom stereocenters. The standard InChI is InChI=1S/C31H46N2O/c1-2-3-4-5-10-15-24-34-30-22-20-29(21-23-30)31-32-25-28(26-33-31)19-12-9-7-6-8-11-16-27-17-13-14-18-27/h5,10,20-23,25-27H,2-4,6-9,11-19,24H2,1H3/b10-5-. The number of aromatic nitrogens is 2. The molecule has 0 spiro atoms. The molecule has 0 bridgehead atoms. The largest absolute Gasteiger partial charge is 0.493 e. The first-order chi connectivity index (χ1) is 16.8. The lowest BCUT2D eigenvalue weighted by Gasteiger charge is -2.08. The second-order valence-electron chi connectivity index (χ2n) is 10.0. The average Bonchev–Trinajstić information content (AvgIpc) is 3.39. The zero-order valence-electron chi connectivity index (χ0n) is 21.5. The lowest BCUT2D eigenvalue weighted by Crippen LogP contribution is -1.96. The summed E-state index contributed by atoms with van der Waals surface area (Å²) in [6.45, 7) is 2.94. The third kappa shape index (κ3) is 10.4. The maximum atomic E-state index is 5.84. The van der Waals surface area contributed by atoms with E-state index in [0.717, 1.165) is 35.9 Å². The van der Waals surface area contributed by atoms with Gasteiger partial charge in [0.25, 0.3) is 0 Å². The van der Waals surface area contributed by atoms with Gasteiger partial charge >= 0.3 is 0 Å². The van der Waals surface area contributed by atoms with Gasteiger partial charge in [0.05, 0.1) is 6.61 Å². The average molecular weight is 463 g/mol. The molecular formula is C31H46N2O. The summed E-state index contributed by atoms with van der Waals surface area (Å²) in [5, 5.41) is 0. The van der Waals surface area contributed by atoms with Gasteiger partial charge in [0, 0.05) is 18.0 Å². The number of hydrogen-bond donors (Lipinski definition) is 0. The summed E-state index contributed by atoms with van der Waals surface area (Å²) in [6.07, 6.45) is 29.8. The number of benzene rings is 1. The minimum atomic E-state index is 0.716. The van der Waals surface area contributed by atoms with Crippen LogP contribution in [0, 0.1) is 5.92 Å². The van der Waals surface area contributed by atoms with E-state index >= 15 is 0 Å². The maximum Gasteiger partial charge on any atom is 0.159 e. The van der Waals surface area contributed by atoms with Crippen LogP contribution < -0.4 is 4.74 Å². The van der Waals surface area contributed by atoms with Crippen molar-refractivity contribution >= 4 is 0 Å². The van der Waals surface area contributed by atoms with Crippen molar-refractivity contribution in [2.24, 2.45) is 5.92 Å². The summed E-state index contributed by atoms with van der Waals surface area (Å²) in [5.74, 6) is 2.75. The van der Waals surface area contributed by atoms with Crippen LogP contribution in [0.4, 0.5) is 0 Å². The van der Waals surface area contributed by atoms with Crippen LogP contribution in [0.25, 0.3) is 11.4 Å². The van der Waals surface area contributed by atoms with Crippen molar-refractivity contribution in [2.45, 2.75) is 110 Å². The molecule has 1 aliphatic rings. The topological polar surface area (TPSA) is 35.0 Å². The molecule has 1 aliphatic carbocycles. The molecule has 1 saturated carbocycles. The molecule has 0 unspecified atom stereocenters. The Kier molecular flexibility index (Phi) is 12.8. The van der Waals surface area contributed by atoms with Gasteiger partial charge in [-0.3, -0.25) is 0 Å². The number of allylic oxidation sites excluding steroid dienone is 1. The van der Waals surface area contributed by atoms with Crippen molar-refractivity contribution in [1.82, 2.24) is 9.97 Å². The molecule has 1 heterocycles.